The molecule has 0 spiro atoms. The SMILES string of the molecule is Cc1nn(C)c2c1nc(CCl)n2C1CCS(=O)(=O)C1. The molecule has 0 bridgehead atoms. The monoisotopic (exact) mass is 302 g/mol. The molecule has 1 fully saturated rings. The predicted octanol–water partition coefficient (Wildman–Crippen LogP) is 1.18. The van der Waals surface area contributed by atoms with Gasteiger partial charge in [-0.3, -0.25) is 4.68 Å². The van der Waals surface area contributed by atoms with Gasteiger partial charge in [-0.25, -0.2) is 13.4 Å². The van der Waals surface area contributed by atoms with Crippen LogP contribution in [0, 0.1) is 6.92 Å². The highest BCUT2D eigenvalue weighted by atomic mass is 35.5. The number of alkyl halides is 1. The lowest BCUT2D eigenvalue weighted by Gasteiger charge is -2.14. The first-order valence-corrected chi connectivity index (χ1v) is 8.45. The van der Waals surface area contributed by atoms with Gasteiger partial charge < -0.3 is 4.57 Å². The van der Waals surface area contributed by atoms with Gasteiger partial charge in [-0.1, -0.05) is 0 Å². The summed E-state index contributed by atoms with van der Waals surface area (Å²) in [6, 6.07) is -0.0847. The minimum atomic E-state index is -2.94. The maximum Gasteiger partial charge on any atom is 0.158 e. The van der Waals surface area contributed by atoms with E-state index in [4.69, 9.17) is 11.6 Å². The summed E-state index contributed by atoms with van der Waals surface area (Å²) in [5.41, 5.74) is 2.50. The van der Waals surface area contributed by atoms with Gasteiger partial charge in [0.2, 0.25) is 0 Å². The van der Waals surface area contributed by atoms with E-state index in [9.17, 15) is 8.42 Å². The molecule has 19 heavy (non-hydrogen) atoms. The molecule has 0 aliphatic carbocycles. The van der Waals surface area contributed by atoms with E-state index in [1.165, 1.54) is 0 Å². The molecule has 1 aliphatic heterocycles. The maximum atomic E-state index is 11.7. The first-order chi connectivity index (χ1) is 8.93. The van der Waals surface area contributed by atoms with Crippen LogP contribution in [0.5, 0.6) is 0 Å². The molecule has 3 rings (SSSR count). The Morgan fingerprint density at radius 3 is 2.79 bits per heavy atom. The number of rotatable bonds is 2. The molecule has 104 valence electrons. The highest BCUT2D eigenvalue weighted by Gasteiger charge is 2.32. The highest BCUT2D eigenvalue weighted by molar-refractivity contribution is 7.91. The average molecular weight is 303 g/mol. The van der Waals surface area contributed by atoms with Crippen molar-refractivity contribution in [1.82, 2.24) is 19.3 Å². The second-order valence-electron chi connectivity index (χ2n) is 4.97. The Morgan fingerprint density at radius 1 is 1.47 bits per heavy atom. The standard InChI is InChI=1S/C11H15ClN4O2S/c1-7-10-11(15(2)14-7)16(9(5-12)13-10)8-3-4-19(17,18)6-8/h8H,3-6H2,1-2H3. The molecule has 3 heterocycles. The third kappa shape index (κ3) is 1.95. The van der Waals surface area contributed by atoms with E-state index in [0.717, 1.165) is 22.7 Å². The van der Waals surface area contributed by atoms with E-state index < -0.39 is 9.84 Å². The van der Waals surface area contributed by atoms with E-state index in [1.54, 1.807) is 4.68 Å². The van der Waals surface area contributed by atoms with Crippen molar-refractivity contribution in [3.8, 4) is 0 Å². The van der Waals surface area contributed by atoms with Crippen LogP contribution in [0.25, 0.3) is 11.2 Å². The number of aromatic nitrogens is 4. The van der Waals surface area contributed by atoms with E-state index in [0.29, 0.717) is 6.42 Å². The van der Waals surface area contributed by atoms with Crippen LogP contribution in [0.4, 0.5) is 0 Å². The molecule has 6 nitrogen and oxygen atoms in total. The molecule has 0 radical (unpaired) electrons. The summed E-state index contributed by atoms with van der Waals surface area (Å²) in [6.45, 7) is 1.89. The molecule has 2 aromatic rings. The molecule has 1 atom stereocenters. The molecule has 0 amide bonds. The zero-order chi connectivity index (χ0) is 13.8. The Labute approximate surface area is 116 Å². The number of nitrogens with zero attached hydrogens (tertiary/aromatic N) is 4. The first-order valence-electron chi connectivity index (χ1n) is 6.10. The Morgan fingerprint density at radius 2 is 2.21 bits per heavy atom. The zero-order valence-corrected chi connectivity index (χ0v) is 12.4. The predicted molar refractivity (Wildman–Crippen MR) is 73.1 cm³/mol. The quantitative estimate of drug-likeness (QED) is 0.781. The molecule has 1 unspecified atom stereocenters. The fourth-order valence-electron chi connectivity index (χ4n) is 2.80. The number of hydrogen-bond acceptors (Lipinski definition) is 4. The summed E-state index contributed by atoms with van der Waals surface area (Å²) < 4.78 is 27.0. The second kappa shape index (κ2) is 4.21. The molecule has 1 aliphatic rings. The van der Waals surface area contributed by atoms with Crippen molar-refractivity contribution in [2.24, 2.45) is 7.05 Å². The lowest BCUT2D eigenvalue weighted by molar-refractivity contribution is 0.540. The molecule has 8 heteroatoms. The Balaban J connectivity index is 2.21. The largest absolute Gasteiger partial charge is 0.308 e. The van der Waals surface area contributed by atoms with Crippen molar-refractivity contribution in [2.45, 2.75) is 25.3 Å². The Bertz CT molecular complexity index is 746. The van der Waals surface area contributed by atoms with E-state index in [2.05, 4.69) is 10.1 Å². The van der Waals surface area contributed by atoms with E-state index >= 15 is 0 Å². The summed E-state index contributed by atoms with van der Waals surface area (Å²) in [5, 5.41) is 4.33. The van der Waals surface area contributed by atoms with Crippen LogP contribution in [-0.2, 0) is 22.8 Å². The van der Waals surface area contributed by atoms with Gasteiger partial charge in [0.05, 0.1) is 29.1 Å². The van der Waals surface area contributed by atoms with Gasteiger partial charge in [0.1, 0.15) is 11.3 Å². The summed E-state index contributed by atoms with van der Waals surface area (Å²) in [4.78, 5) is 4.50. The fraction of sp³-hybridized carbons (Fsp3) is 0.636. The third-order valence-corrected chi connectivity index (χ3v) is 5.59. The topological polar surface area (TPSA) is 69.8 Å². The zero-order valence-electron chi connectivity index (χ0n) is 10.8. The fourth-order valence-corrected chi connectivity index (χ4v) is 4.69. The van der Waals surface area contributed by atoms with Crippen molar-refractivity contribution >= 4 is 32.6 Å². The van der Waals surface area contributed by atoms with E-state index in [1.807, 2.05) is 18.5 Å². The van der Waals surface area contributed by atoms with Crippen molar-refractivity contribution in [1.29, 1.82) is 0 Å². The average Bonchev–Trinajstić information content (AvgIpc) is 2.94. The van der Waals surface area contributed by atoms with E-state index in [-0.39, 0.29) is 23.4 Å². The summed E-state index contributed by atoms with van der Waals surface area (Å²) in [6.07, 6.45) is 0.613. The number of fused-ring (bicyclic) bond motifs is 1. The van der Waals surface area contributed by atoms with Crippen LogP contribution in [0.15, 0.2) is 0 Å². The summed E-state index contributed by atoms with van der Waals surface area (Å²) in [5.74, 6) is 1.38. The van der Waals surface area contributed by atoms with Crippen molar-refractivity contribution < 1.29 is 8.42 Å². The smallest absolute Gasteiger partial charge is 0.158 e. The Hall–Kier alpha value is -1.08. The lowest BCUT2D eigenvalue weighted by Crippen LogP contribution is -2.15. The van der Waals surface area contributed by atoms with Gasteiger partial charge in [0, 0.05) is 7.05 Å². The second-order valence-corrected chi connectivity index (χ2v) is 7.47. The Kier molecular flexibility index (Phi) is 2.86. The van der Waals surface area contributed by atoms with Crippen molar-refractivity contribution in [2.75, 3.05) is 11.5 Å². The molecule has 0 N–H and O–H groups in total. The number of halogens is 1. The van der Waals surface area contributed by atoms with Crippen LogP contribution >= 0.6 is 11.6 Å². The maximum absolute atomic E-state index is 11.7. The van der Waals surface area contributed by atoms with Crippen molar-refractivity contribution in [3.63, 3.8) is 0 Å². The van der Waals surface area contributed by atoms with Crippen LogP contribution in [0.1, 0.15) is 24.0 Å². The number of imidazole rings is 1. The van der Waals surface area contributed by atoms with Gasteiger partial charge in [0.25, 0.3) is 0 Å². The van der Waals surface area contributed by atoms with Gasteiger partial charge in [-0.15, -0.1) is 11.6 Å². The molecule has 1 saturated heterocycles. The van der Waals surface area contributed by atoms with Crippen molar-refractivity contribution in [3.05, 3.63) is 11.5 Å². The number of hydrogen-bond donors (Lipinski definition) is 0. The van der Waals surface area contributed by atoms with Gasteiger partial charge in [-0.2, -0.15) is 5.10 Å². The van der Waals surface area contributed by atoms with Crippen LogP contribution in [0.2, 0.25) is 0 Å². The normalized spacial score (nSPS) is 22.4. The van der Waals surface area contributed by atoms with Crippen LogP contribution in [-0.4, -0.2) is 39.3 Å². The van der Waals surface area contributed by atoms with Crippen LogP contribution < -0.4 is 0 Å². The lowest BCUT2D eigenvalue weighted by atomic mass is 10.2. The molecule has 0 saturated carbocycles. The minimum Gasteiger partial charge on any atom is -0.308 e. The highest BCUT2D eigenvalue weighted by Crippen LogP contribution is 2.30. The minimum absolute atomic E-state index is 0.0847. The summed E-state index contributed by atoms with van der Waals surface area (Å²) >= 11 is 5.95. The summed E-state index contributed by atoms with van der Waals surface area (Å²) in [7, 11) is -1.10. The van der Waals surface area contributed by atoms with Gasteiger partial charge in [0.15, 0.2) is 15.5 Å². The molecule has 2 aromatic heterocycles. The van der Waals surface area contributed by atoms with Crippen LogP contribution in [0.3, 0.4) is 0 Å². The van der Waals surface area contributed by atoms with Gasteiger partial charge in [-0.05, 0) is 13.3 Å². The molecular formula is C11H15ClN4O2S. The van der Waals surface area contributed by atoms with Gasteiger partial charge >= 0.3 is 0 Å². The molecule has 0 aromatic carbocycles. The molecular weight excluding hydrogens is 288 g/mol. The third-order valence-electron chi connectivity index (χ3n) is 3.60. The number of aryl methyl sites for hydroxylation is 2. The number of sulfone groups is 1. The first kappa shape index (κ1) is 12.9.